The molecule has 0 aliphatic heterocycles. The van der Waals surface area contributed by atoms with Crippen molar-refractivity contribution in [2.75, 3.05) is 0 Å². The van der Waals surface area contributed by atoms with Crippen LogP contribution in [0.3, 0.4) is 0 Å². The lowest BCUT2D eigenvalue weighted by Gasteiger charge is -1.96. The normalized spacial score (nSPS) is 10.5. The monoisotopic (exact) mass is 175 g/mol. The van der Waals surface area contributed by atoms with Crippen molar-refractivity contribution in [2.45, 2.75) is 6.42 Å². The average Bonchev–Trinajstić information content (AvgIpc) is 2.50. The number of allylic oxidation sites excluding steroid dienone is 1. The van der Waals surface area contributed by atoms with Crippen molar-refractivity contribution in [3.63, 3.8) is 0 Å². The van der Waals surface area contributed by atoms with Crippen molar-refractivity contribution in [1.29, 1.82) is 0 Å². The van der Waals surface area contributed by atoms with E-state index in [-0.39, 0.29) is 0 Å². The first-order valence-electron chi connectivity index (χ1n) is 3.96. The van der Waals surface area contributed by atoms with E-state index in [1.54, 1.807) is 12.1 Å². The molecule has 13 heavy (non-hydrogen) atoms. The van der Waals surface area contributed by atoms with E-state index >= 15 is 0 Å². The molecule has 0 radical (unpaired) electrons. The molecular formula is C9H9N3O. The van der Waals surface area contributed by atoms with Gasteiger partial charge in [0.05, 0.1) is 0 Å². The van der Waals surface area contributed by atoms with Gasteiger partial charge in [-0.05, 0) is 23.3 Å². The number of hydrogen-bond acceptors (Lipinski definition) is 3. The van der Waals surface area contributed by atoms with Crippen molar-refractivity contribution in [3.05, 3.63) is 36.4 Å². The number of nitrogens with zero attached hydrogens (tertiary/aromatic N) is 3. The number of fused-ring (bicyclic) bond motifs is 1. The maximum absolute atomic E-state index is 9.22. The van der Waals surface area contributed by atoms with Crippen LogP contribution in [-0.4, -0.2) is 20.4 Å². The SMILES string of the molecule is C=CCc1cccc2c1nnn2O. The molecule has 1 aromatic heterocycles. The summed E-state index contributed by atoms with van der Waals surface area (Å²) in [5.41, 5.74) is 2.37. The minimum atomic E-state index is 0.624. The molecule has 0 saturated heterocycles. The lowest BCUT2D eigenvalue weighted by Crippen LogP contribution is -1.91. The van der Waals surface area contributed by atoms with Gasteiger partial charge in [0.25, 0.3) is 0 Å². The van der Waals surface area contributed by atoms with Crippen LogP contribution in [0.5, 0.6) is 0 Å². The fourth-order valence-electron chi connectivity index (χ4n) is 1.31. The zero-order valence-electron chi connectivity index (χ0n) is 7.01. The van der Waals surface area contributed by atoms with E-state index in [1.165, 1.54) is 0 Å². The largest absolute Gasteiger partial charge is 0.410 e. The summed E-state index contributed by atoms with van der Waals surface area (Å²) in [5, 5.41) is 16.6. The molecule has 4 heteroatoms. The minimum Gasteiger partial charge on any atom is -0.410 e. The van der Waals surface area contributed by atoms with E-state index in [2.05, 4.69) is 16.9 Å². The maximum Gasteiger partial charge on any atom is 0.130 e. The highest BCUT2D eigenvalue weighted by molar-refractivity contribution is 5.77. The summed E-state index contributed by atoms with van der Waals surface area (Å²) in [6.45, 7) is 3.65. The third kappa shape index (κ3) is 1.16. The van der Waals surface area contributed by atoms with Crippen LogP contribution in [0.4, 0.5) is 0 Å². The molecule has 4 nitrogen and oxygen atoms in total. The standard InChI is InChI=1S/C9H9N3O/c1-2-4-7-5-3-6-8-9(7)10-11-12(8)13/h2-3,5-6,13H,1,4H2. The van der Waals surface area contributed by atoms with Gasteiger partial charge in [-0.3, -0.25) is 0 Å². The molecule has 0 unspecified atom stereocenters. The summed E-state index contributed by atoms with van der Waals surface area (Å²) < 4.78 is 0. The smallest absolute Gasteiger partial charge is 0.130 e. The van der Waals surface area contributed by atoms with Crippen molar-refractivity contribution in [2.24, 2.45) is 0 Å². The summed E-state index contributed by atoms with van der Waals surface area (Å²) in [5.74, 6) is 0. The summed E-state index contributed by atoms with van der Waals surface area (Å²) >= 11 is 0. The maximum atomic E-state index is 9.22. The van der Waals surface area contributed by atoms with Gasteiger partial charge < -0.3 is 5.21 Å². The number of aromatic nitrogens is 3. The zero-order valence-corrected chi connectivity index (χ0v) is 7.01. The molecule has 0 fully saturated rings. The van der Waals surface area contributed by atoms with Crippen LogP contribution in [0, 0.1) is 0 Å². The molecular weight excluding hydrogens is 166 g/mol. The van der Waals surface area contributed by atoms with Crippen LogP contribution in [0.15, 0.2) is 30.9 Å². The Morgan fingerprint density at radius 3 is 3.15 bits per heavy atom. The lowest BCUT2D eigenvalue weighted by atomic mass is 10.1. The Bertz CT molecular complexity index is 447. The van der Waals surface area contributed by atoms with E-state index in [1.807, 2.05) is 12.1 Å². The summed E-state index contributed by atoms with van der Waals surface area (Å²) in [7, 11) is 0. The molecule has 0 aliphatic rings. The Morgan fingerprint density at radius 1 is 1.54 bits per heavy atom. The minimum absolute atomic E-state index is 0.624. The predicted molar refractivity (Wildman–Crippen MR) is 48.6 cm³/mol. The summed E-state index contributed by atoms with van der Waals surface area (Å²) in [4.78, 5) is 0.780. The second kappa shape index (κ2) is 2.90. The summed E-state index contributed by atoms with van der Waals surface area (Å²) in [6, 6.07) is 5.57. The molecule has 2 aromatic rings. The van der Waals surface area contributed by atoms with Crippen LogP contribution in [-0.2, 0) is 6.42 Å². The molecule has 1 aromatic carbocycles. The lowest BCUT2D eigenvalue weighted by molar-refractivity contribution is 0.155. The Hall–Kier alpha value is -1.84. The first-order valence-corrected chi connectivity index (χ1v) is 3.96. The van der Waals surface area contributed by atoms with E-state index in [9.17, 15) is 5.21 Å². The fourth-order valence-corrected chi connectivity index (χ4v) is 1.31. The van der Waals surface area contributed by atoms with E-state index < -0.39 is 0 Å². The molecule has 0 atom stereocenters. The highest BCUT2D eigenvalue weighted by Gasteiger charge is 2.05. The van der Waals surface area contributed by atoms with Gasteiger partial charge in [0.15, 0.2) is 0 Å². The van der Waals surface area contributed by atoms with Gasteiger partial charge in [-0.15, -0.1) is 11.7 Å². The zero-order chi connectivity index (χ0) is 9.26. The van der Waals surface area contributed by atoms with Gasteiger partial charge in [0.2, 0.25) is 0 Å². The molecule has 1 N–H and O–H groups in total. The molecule has 2 rings (SSSR count). The molecule has 66 valence electrons. The van der Waals surface area contributed by atoms with Crippen molar-refractivity contribution in [1.82, 2.24) is 15.2 Å². The second-order valence-electron chi connectivity index (χ2n) is 2.76. The van der Waals surface area contributed by atoms with Gasteiger partial charge in [-0.2, -0.15) is 0 Å². The Balaban J connectivity index is 2.69. The van der Waals surface area contributed by atoms with Gasteiger partial charge in [0.1, 0.15) is 11.0 Å². The molecule has 0 bridgehead atoms. The molecule has 0 amide bonds. The predicted octanol–water partition coefficient (Wildman–Crippen LogP) is 1.40. The third-order valence-electron chi connectivity index (χ3n) is 1.91. The Labute approximate surface area is 75.1 Å². The number of benzene rings is 1. The first-order chi connectivity index (χ1) is 6.33. The van der Waals surface area contributed by atoms with E-state index in [4.69, 9.17) is 0 Å². The molecule has 0 aliphatic carbocycles. The quantitative estimate of drug-likeness (QED) is 0.554. The van der Waals surface area contributed by atoms with Crippen molar-refractivity contribution < 1.29 is 5.21 Å². The van der Waals surface area contributed by atoms with Gasteiger partial charge in [-0.1, -0.05) is 23.1 Å². The second-order valence-corrected chi connectivity index (χ2v) is 2.76. The van der Waals surface area contributed by atoms with Crippen LogP contribution in [0.1, 0.15) is 5.56 Å². The molecule has 1 heterocycles. The van der Waals surface area contributed by atoms with Crippen LogP contribution in [0.2, 0.25) is 0 Å². The average molecular weight is 175 g/mol. The van der Waals surface area contributed by atoms with E-state index in [0.29, 0.717) is 5.52 Å². The van der Waals surface area contributed by atoms with Crippen molar-refractivity contribution in [3.8, 4) is 0 Å². The van der Waals surface area contributed by atoms with E-state index in [0.717, 1.165) is 22.3 Å². The number of hydrogen-bond donors (Lipinski definition) is 1. The highest BCUT2D eigenvalue weighted by atomic mass is 16.5. The third-order valence-corrected chi connectivity index (χ3v) is 1.91. The first kappa shape index (κ1) is 7.79. The van der Waals surface area contributed by atoms with Gasteiger partial charge in [-0.25, -0.2) is 0 Å². The van der Waals surface area contributed by atoms with Crippen LogP contribution >= 0.6 is 0 Å². The Morgan fingerprint density at radius 2 is 2.38 bits per heavy atom. The Kier molecular flexibility index (Phi) is 1.73. The van der Waals surface area contributed by atoms with Gasteiger partial charge in [0, 0.05) is 0 Å². The molecule has 0 spiro atoms. The molecule has 0 saturated carbocycles. The fraction of sp³-hybridized carbons (Fsp3) is 0.111. The summed E-state index contributed by atoms with van der Waals surface area (Å²) in [6.07, 6.45) is 2.53. The van der Waals surface area contributed by atoms with Crippen LogP contribution in [0.25, 0.3) is 11.0 Å². The van der Waals surface area contributed by atoms with Crippen LogP contribution < -0.4 is 0 Å². The topological polar surface area (TPSA) is 50.9 Å². The van der Waals surface area contributed by atoms with Gasteiger partial charge >= 0.3 is 0 Å². The number of rotatable bonds is 2. The van der Waals surface area contributed by atoms with Crippen molar-refractivity contribution >= 4 is 11.0 Å². The highest BCUT2D eigenvalue weighted by Crippen LogP contribution is 2.15.